The van der Waals surface area contributed by atoms with Gasteiger partial charge in [-0.2, -0.15) is 5.10 Å². The van der Waals surface area contributed by atoms with Crippen molar-refractivity contribution in [3.05, 3.63) is 18.5 Å². The van der Waals surface area contributed by atoms with E-state index in [-0.39, 0.29) is 6.42 Å². The van der Waals surface area contributed by atoms with E-state index < -0.39 is 12.1 Å². The first-order valence-corrected chi connectivity index (χ1v) is 3.58. The molecule has 0 aliphatic carbocycles. The number of hydrogen-bond donors (Lipinski definition) is 2. The molecule has 66 valence electrons. The summed E-state index contributed by atoms with van der Waals surface area (Å²) in [7, 11) is 0. The summed E-state index contributed by atoms with van der Waals surface area (Å²) in [5, 5.41) is 21.1. The van der Waals surface area contributed by atoms with Crippen LogP contribution in [0.4, 0.5) is 0 Å². The van der Waals surface area contributed by atoms with Gasteiger partial charge in [-0.15, -0.1) is 0 Å². The lowest BCUT2D eigenvalue weighted by Crippen LogP contribution is -2.21. The maximum Gasteiger partial charge on any atom is 0.332 e. The third kappa shape index (κ3) is 2.35. The molecule has 1 heterocycles. The molecule has 0 bridgehead atoms. The quantitative estimate of drug-likeness (QED) is 0.651. The Morgan fingerprint density at radius 3 is 2.92 bits per heavy atom. The summed E-state index contributed by atoms with van der Waals surface area (Å²) >= 11 is 0. The zero-order valence-corrected chi connectivity index (χ0v) is 6.42. The lowest BCUT2D eigenvalue weighted by atomic mass is 10.2. The van der Waals surface area contributed by atoms with Gasteiger partial charge in [0.1, 0.15) is 0 Å². The minimum atomic E-state index is -1.30. The van der Waals surface area contributed by atoms with E-state index in [1.54, 1.807) is 23.1 Å². The van der Waals surface area contributed by atoms with Crippen LogP contribution in [-0.4, -0.2) is 32.1 Å². The Morgan fingerprint density at radius 2 is 2.42 bits per heavy atom. The minimum absolute atomic E-state index is 0.178. The van der Waals surface area contributed by atoms with E-state index in [0.717, 1.165) is 0 Å². The van der Waals surface area contributed by atoms with Crippen molar-refractivity contribution in [3.63, 3.8) is 0 Å². The summed E-state index contributed by atoms with van der Waals surface area (Å²) in [6.45, 7) is 0.417. The second-order valence-corrected chi connectivity index (χ2v) is 2.41. The number of rotatable bonds is 4. The summed E-state index contributed by atoms with van der Waals surface area (Å²) in [5.74, 6) is -1.19. The molecule has 12 heavy (non-hydrogen) atoms. The highest BCUT2D eigenvalue weighted by atomic mass is 16.4. The van der Waals surface area contributed by atoms with Crippen molar-refractivity contribution in [2.75, 3.05) is 0 Å². The van der Waals surface area contributed by atoms with Gasteiger partial charge in [0.2, 0.25) is 0 Å². The monoisotopic (exact) mass is 170 g/mol. The van der Waals surface area contributed by atoms with Gasteiger partial charge in [0, 0.05) is 25.4 Å². The van der Waals surface area contributed by atoms with Gasteiger partial charge in [-0.1, -0.05) is 0 Å². The number of hydrogen-bond acceptors (Lipinski definition) is 3. The Balaban J connectivity index is 2.31. The van der Waals surface area contributed by atoms with Gasteiger partial charge in [0.25, 0.3) is 0 Å². The first-order valence-electron chi connectivity index (χ1n) is 3.58. The van der Waals surface area contributed by atoms with Crippen molar-refractivity contribution in [3.8, 4) is 0 Å². The Kier molecular flexibility index (Phi) is 2.82. The predicted octanol–water partition coefficient (Wildman–Crippen LogP) is -0.281. The summed E-state index contributed by atoms with van der Waals surface area (Å²) < 4.78 is 1.58. The molecule has 0 fully saturated rings. The van der Waals surface area contributed by atoms with Crippen molar-refractivity contribution in [1.82, 2.24) is 9.78 Å². The lowest BCUT2D eigenvalue weighted by molar-refractivity contribution is -0.147. The molecule has 1 aromatic rings. The average molecular weight is 170 g/mol. The highest BCUT2D eigenvalue weighted by Gasteiger charge is 2.12. The zero-order valence-electron chi connectivity index (χ0n) is 6.42. The SMILES string of the molecule is O=C(O)C(O)CCn1cccn1. The van der Waals surface area contributed by atoms with Crippen molar-refractivity contribution in [2.24, 2.45) is 0 Å². The lowest BCUT2D eigenvalue weighted by Gasteiger charge is -2.04. The van der Waals surface area contributed by atoms with Crippen molar-refractivity contribution in [2.45, 2.75) is 19.1 Å². The van der Waals surface area contributed by atoms with Gasteiger partial charge in [-0.25, -0.2) is 4.79 Å². The first kappa shape index (κ1) is 8.73. The smallest absolute Gasteiger partial charge is 0.332 e. The topological polar surface area (TPSA) is 75.3 Å². The molecule has 5 heteroatoms. The molecule has 0 radical (unpaired) electrons. The van der Waals surface area contributed by atoms with Crippen LogP contribution < -0.4 is 0 Å². The standard InChI is InChI=1S/C7H10N2O3/c10-6(7(11)12)2-5-9-4-1-3-8-9/h1,3-4,6,10H,2,5H2,(H,11,12). The summed E-state index contributed by atoms with van der Waals surface area (Å²) in [6, 6.07) is 1.74. The fourth-order valence-electron chi connectivity index (χ4n) is 0.811. The summed E-state index contributed by atoms with van der Waals surface area (Å²) in [5.41, 5.74) is 0. The number of carboxylic acid groups (broad SMARTS) is 1. The van der Waals surface area contributed by atoms with Crippen LogP contribution in [0.5, 0.6) is 0 Å². The molecule has 0 saturated carbocycles. The van der Waals surface area contributed by atoms with Crippen LogP contribution in [0.15, 0.2) is 18.5 Å². The number of aliphatic hydroxyl groups excluding tert-OH is 1. The van der Waals surface area contributed by atoms with Crippen LogP contribution in [0.25, 0.3) is 0 Å². The van der Waals surface area contributed by atoms with E-state index in [9.17, 15) is 4.79 Å². The maximum atomic E-state index is 10.2. The fourth-order valence-corrected chi connectivity index (χ4v) is 0.811. The number of aryl methyl sites for hydroxylation is 1. The predicted molar refractivity (Wildman–Crippen MR) is 40.5 cm³/mol. The molecular formula is C7H10N2O3. The highest BCUT2D eigenvalue weighted by Crippen LogP contribution is 1.95. The van der Waals surface area contributed by atoms with Crippen LogP contribution in [0.1, 0.15) is 6.42 Å². The van der Waals surface area contributed by atoms with Crippen LogP contribution in [-0.2, 0) is 11.3 Å². The zero-order chi connectivity index (χ0) is 8.97. The van der Waals surface area contributed by atoms with E-state index in [2.05, 4.69) is 5.10 Å². The molecule has 0 saturated heterocycles. The average Bonchev–Trinajstić information content (AvgIpc) is 2.51. The van der Waals surface area contributed by atoms with E-state index in [4.69, 9.17) is 10.2 Å². The molecule has 1 atom stereocenters. The number of aromatic nitrogens is 2. The number of carbonyl (C=O) groups is 1. The Bertz CT molecular complexity index is 245. The largest absolute Gasteiger partial charge is 0.479 e. The van der Waals surface area contributed by atoms with Gasteiger partial charge in [0.15, 0.2) is 6.10 Å². The van der Waals surface area contributed by atoms with Crippen molar-refractivity contribution >= 4 is 5.97 Å². The van der Waals surface area contributed by atoms with Gasteiger partial charge >= 0.3 is 5.97 Å². The second-order valence-electron chi connectivity index (χ2n) is 2.41. The molecule has 0 aliphatic rings. The van der Waals surface area contributed by atoms with Gasteiger partial charge in [-0.05, 0) is 6.07 Å². The molecule has 2 N–H and O–H groups in total. The van der Waals surface area contributed by atoms with E-state index in [1.165, 1.54) is 0 Å². The van der Waals surface area contributed by atoms with Crippen LogP contribution in [0, 0.1) is 0 Å². The molecule has 1 aromatic heterocycles. The molecular weight excluding hydrogens is 160 g/mol. The third-order valence-electron chi connectivity index (χ3n) is 1.48. The third-order valence-corrected chi connectivity index (χ3v) is 1.48. The molecule has 0 amide bonds. The molecule has 0 aromatic carbocycles. The molecule has 1 rings (SSSR count). The van der Waals surface area contributed by atoms with E-state index >= 15 is 0 Å². The normalized spacial score (nSPS) is 12.8. The number of nitrogens with zero attached hydrogens (tertiary/aromatic N) is 2. The molecule has 0 spiro atoms. The Labute approximate surface area is 69.2 Å². The number of carboxylic acids is 1. The fraction of sp³-hybridized carbons (Fsp3) is 0.429. The van der Waals surface area contributed by atoms with Gasteiger partial charge in [0.05, 0.1) is 0 Å². The van der Waals surface area contributed by atoms with E-state index in [0.29, 0.717) is 6.54 Å². The van der Waals surface area contributed by atoms with Crippen molar-refractivity contribution < 1.29 is 15.0 Å². The highest BCUT2D eigenvalue weighted by molar-refractivity contribution is 5.71. The number of aliphatic hydroxyl groups is 1. The maximum absolute atomic E-state index is 10.2. The Hall–Kier alpha value is -1.36. The Morgan fingerprint density at radius 1 is 1.67 bits per heavy atom. The minimum Gasteiger partial charge on any atom is -0.479 e. The molecule has 5 nitrogen and oxygen atoms in total. The summed E-state index contributed by atoms with van der Waals surface area (Å²) in [4.78, 5) is 10.2. The van der Waals surface area contributed by atoms with Crippen LogP contribution in [0.2, 0.25) is 0 Å². The second kappa shape index (κ2) is 3.87. The molecule has 1 unspecified atom stereocenters. The van der Waals surface area contributed by atoms with E-state index in [1.807, 2.05) is 0 Å². The number of aliphatic carboxylic acids is 1. The summed E-state index contributed by atoms with van der Waals surface area (Å²) in [6.07, 6.45) is 2.20. The van der Waals surface area contributed by atoms with Crippen molar-refractivity contribution in [1.29, 1.82) is 0 Å². The van der Waals surface area contributed by atoms with Crippen LogP contribution >= 0.6 is 0 Å². The van der Waals surface area contributed by atoms with Gasteiger partial charge < -0.3 is 10.2 Å². The first-order chi connectivity index (χ1) is 5.70. The van der Waals surface area contributed by atoms with Gasteiger partial charge in [-0.3, -0.25) is 4.68 Å². The molecule has 0 aliphatic heterocycles. The van der Waals surface area contributed by atoms with Crippen LogP contribution in [0.3, 0.4) is 0 Å².